The van der Waals surface area contributed by atoms with E-state index < -0.39 is 0 Å². The lowest BCUT2D eigenvalue weighted by atomic mass is 9.82. The molecule has 2 aliphatic heterocycles. The molecule has 2 heterocycles. The summed E-state index contributed by atoms with van der Waals surface area (Å²) >= 11 is 2.10. The molecule has 1 N–H and O–H groups in total. The Labute approximate surface area is 116 Å². The summed E-state index contributed by atoms with van der Waals surface area (Å²) in [4.78, 5) is 2.52. The maximum atomic E-state index is 5.37. The predicted molar refractivity (Wildman–Crippen MR) is 79.4 cm³/mol. The Bertz CT molecular complexity index is 242. The second-order valence-electron chi connectivity index (χ2n) is 6.13. The maximum Gasteiger partial charge on any atom is 0.0594 e. The van der Waals surface area contributed by atoms with Crippen LogP contribution < -0.4 is 5.32 Å². The summed E-state index contributed by atoms with van der Waals surface area (Å²) in [7, 11) is 0. The first kappa shape index (κ1) is 14.6. The Morgan fingerprint density at radius 3 is 2.83 bits per heavy atom. The van der Waals surface area contributed by atoms with Crippen LogP contribution in [0, 0.1) is 5.41 Å². The number of hydrogen-bond acceptors (Lipinski definition) is 4. The van der Waals surface area contributed by atoms with Gasteiger partial charge in [-0.2, -0.15) is 11.8 Å². The first-order valence-electron chi connectivity index (χ1n) is 7.30. The van der Waals surface area contributed by atoms with Crippen molar-refractivity contribution in [2.45, 2.75) is 32.7 Å². The van der Waals surface area contributed by atoms with Crippen LogP contribution in [-0.2, 0) is 4.74 Å². The number of nitrogens with zero attached hydrogens (tertiary/aromatic N) is 1. The molecule has 18 heavy (non-hydrogen) atoms. The van der Waals surface area contributed by atoms with Crippen molar-refractivity contribution in [1.82, 2.24) is 10.2 Å². The monoisotopic (exact) mass is 272 g/mol. The minimum Gasteiger partial charge on any atom is -0.379 e. The molecule has 106 valence electrons. The van der Waals surface area contributed by atoms with Crippen molar-refractivity contribution in [3.63, 3.8) is 0 Å². The zero-order valence-corrected chi connectivity index (χ0v) is 12.7. The number of ether oxygens (including phenoxy) is 1. The molecule has 2 saturated heterocycles. The second kappa shape index (κ2) is 7.13. The van der Waals surface area contributed by atoms with Crippen LogP contribution in [0.3, 0.4) is 0 Å². The van der Waals surface area contributed by atoms with E-state index in [4.69, 9.17) is 4.74 Å². The highest BCUT2D eigenvalue weighted by atomic mass is 32.2. The van der Waals surface area contributed by atoms with Crippen molar-refractivity contribution < 1.29 is 4.74 Å². The molecule has 0 bridgehead atoms. The van der Waals surface area contributed by atoms with Gasteiger partial charge in [0.15, 0.2) is 0 Å². The van der Waals surface area contributed by atoms with E-state index in [1.165, 1.54) is 30.9 Å². The molecule has 2 fully saturated rings. The molecule has 0 amide bonds. The number of hydrogen-bond donors (Lipinski definition) is 1. The average Bonchev–Trinajstić information content (AvgIpc) is 2.37. The molecule has 4 heteroatoms. The third-order valence-electron chi connectivity index (χ3n) is 4.26. The summed E-state index contributed by atoms with van der Waals surface area (Å²) in [6.45, 7) is 11.3. The van der Waals surface area contributed by atoms with E-state index in [-0.39, 0.29) is 0 Å². The van der Waals surface area contributed by atoms with E-state index in [9.17, 15) is 0 Å². The molecule has 0 spiro atoms. The zero-order valence-electron chi connectivity index (χ0n) is 11.9. The fourth-order valence-corrected chi connectivity index (χ4v) is 4.32. The maximum absolute atomic E-state index is 5.37. The lowest BCUT2D eigenvalue weighted by Crippen LogP contribution is -2.47. The fraction of sp³-hybridized carbons (Fsp3) is 1.00. The van der Waals surface area contributed by atoms with Crippen LogP contribution in [0.25, 0.3) is 0 Å². The molecule has 3 nitrogen and oxygen atoms in total. The van der Waals surface area contributed by atoms with Crippen molar-refractivity contribution in [3.8, 4) is 0 Å². The third kappa shape index (κ3) is 4.41. The number of thioether (sulfide) groups is 1. The molecule has 1 unspecified atom stereocenters. The van der Waals surface area contributed by atoms with Gasteiger partial charge in [-0.25, -0.2) is 0 Å². The van der Waals surface area contributed by atoms with Crippen molar-refractivity contribution in [2.75, 3.05) is 50.9 Å². The van der Waals surface area contributed by atoms with Gasteiger partial charge in [0.2, 0.25) is 0 Å². The summed E-state index contributed by atoms with van der Waals surface area (Å²) in [6, 6.07) is 0.695. The van der Waals surface area contributed by atoms with Gasteiger partial charge in [0, 0.05) is 24.9 Å². The van der Waals surface area contributed by atoms with E-state index >= 15 is 0 Å². The van der Waals surface area contributed by atoms with Crippen LogP contribution in [0.4, 0.5) is 0 Å². The second-order valence-corrected chi connectivity index (χ2v) is 7.28. The quantitative estimate of drug-likeness (QED) is 0.772. The normalized spacial score (nSPS) is 29.3. The van der Waals surface area contributed by atoms with Gasteiger partial charge in [-0.1, -0.05) is 13.8 Å². The van der Waals surface area contributed by atoms with Crippen LogP contribution in [0.1, 0.15) is 26.7 Å². The van der Waals surface area contributed by atoms with Crippen LogP contribution in [0.15, 0.2) is 0 Å². The SMILES string of the molecule is CC1(C)CCSCC1NCCCN1CCOCC1. The van der Waals surface area contributed by atoms with Gasteiger partial charge in [-0.3, -0.25) is 4.90 Å². The summed E-state index contributed by atoms with van der Waals surface area (Å²) in [6.07, 6.45) is 2.61. The third-order valence-corrected chi connectivity index (χ3v) is 5.33. The average molecular weight is 272 g/mol. The van der Waals surface area contributed by atoms with E-state index in [2.05, 4.69) is 35.8 Å². The summed E-state index contributed by atoms with van der Waals surface area (Å²) in [5, 5.41) is 3.77. The molecule has 0 saturated carbocycles. The van der Waals surface area contributed by atoms with Gasteiger partial charge in [-0.15, -0.1) is 0 Å². The van der Waals surface area contributed by atoms with Gasteiger partial charge in [-0.05, 0) is 37.1 Å². The highest BCUT2D eigenvalue weighted by Crippen LogP contribution is 2.33. The summed E-state index contributed by atoms with van der Waals surface area (Å²) in [5.74, 6) is 2.61. The van der Waals surface area contributed by atoms with Gasteiger partial charge in [0.05, 0.1) is 13.2 Å². The van der Waals surface area contributed by atoms with Gasteiger partial charge < -0.3 is 10.1 Å². The highest BCUT2D eigenvalue weighted by Gasteiger charge is 2.31. The first-order chi connectivity index (χ1) is 8.68. The van der Waals surface area contributed by atoms with Crippen LogP contribution >= 0.6 is 11.8 Å². The molecule has 1 atom stereocenters. The standard InChI is InChI=1S/C14H28N2OS/c1-14(2)4-11-18-12-13(14)15-5-3-6-16-7-9-17-10-8-16/h13,15H,3-12H2,1-2H3. The minimum atomic E-state index is 0.476. The molecule has 0 aliphatic carbocycles. The first-order valence-corrected chi connectivity index (χ1v) is 8.45. The predicted octanol–water partition coefficient (Wildman–Crippen LogP) is 1.83. The largest absolute Gasteiger partial charge is 0.379 e. The van der Waals surface area contributed by atoms with Crippen LogP contribution in [-0.4, -0.2) is 61.8 Å². The molecule has 0 radical (unpaired) electrons. The number of rotatable bonds is 5. The molecule has 2 aliphatic rings. The van der Waals surface area contributed by atoms with Gasteiger partial charge in [0.25, 0.3) is 0 Å². The van der Waals surface area contributed by atoms with Crippen molar-refractivity contribution >= 4 is 11.8 Å². The van der Waals surface area contributed by atoms with Crippen molar-refractivity contribution in [3.05, 3.63) is 0 Å². The highest BCUT2D eigenvalue weighted by molar-refractivity contribution is 7.99. The zero-order chi connectivity index (χ0) is 12.8. The number of nitrogens with one attached hydrogen (secondary N) is 1. The lowest BCUT2D eigenvalue weighted by Gasteiger charge is -2.39. The molecule has 0 aromatic rings. The smallest absolute Gasteiger partial charge is 0.0594 e. The van der Waals surface area contributed by atoms with Gasteiger partial charge in [0.1, 0.15) is 0 Å². The lowest BCUT2D eigenvalue weighted by molar-refractivity contribution is 0.0372. The van der Waals surface area contributed by atoms with E-state index in [1.54, 1.807) is 0 Å². The van der Waals surface area contributed by atoms with E-state index in [1.807, 2.05) is 0 Å². The van der Waals surface area contributed by atoms with E-state index in [0.717, 1.165) is 32.8 Å². The fourth-order valence-electron chi connectivity index (χ4n) is 2.68. The Morgan fingerprint density at radius 1 is 1.33 bits per heavy atom. The molecule has 2 rings (SSSR count). The molecular formula is C14H28N2OS. The summed E-state index contributed by atoms with van der Waals surface area (Å²) < 4.78 is 5.37. The molecule has 0 aromatic carbocycles. The van der Waals surface area contributed by atoms with Crippen LogP contribution in [0.2, 0.25) is 0 Å². The Balaban J connectivity index is 1.59. The van der Waals surface area contributed by atoms with E-state index in [0.29, 0.717) is 11.5 Å². The Hall–Kier alpha value is 0.230. The number of morpholine rings is 1. The molecular weight excluding hydrogens is 244 g/mol. The Kier molecular flexibility index (Phi) is 5.80. The minimum absolute atomic E-state index is 0.476. The Morgan fingerprint density at radius 2 is 2.11 bits per heavy atom. The summed E-state index contributed by atoms with van der Waals surface area (Å²) in [5.41, 5.74) is 0.476. The van der Waals surface area contributed by atoms with Crippen LogP contribution in [0.5, 0.6) is 0 Å². The molecule has 0 aromatic heterocycles. The van der Waals surface area contributed by atoms with Gasteiger partial charge >= 0.3 is 0 Å². The topological polar surface area (TPSA) is 24.5 Å². The van der Waals surface area contributed by atoms with Crippen molar-refractivity contribution in [2.24, 2.45) is 5.41 Å². The van der Waals surface area contributed by atoms with Crippen molar-refractivity contribution in [1.29, 1.82) is 0 Å².